The fourth-order valence-electron chi connectivity index (χ4n) is 2.13. The van der Waals surface area contributed by atoms with Gasteiger partial charge in [0.05, 0.1) is 5.75 Å². The monoisotopic (exact) mass is 331 g/mol. The number of sulfonamides is 1. The maximum absolute atomic E-state index is 12.2. The van der Waals surface area contributed by atoms with Gasteiger partial charge in [0.2, 0.25) is 10.0 Å². The first-order chi connectivity index (χ1) is 10.7. The lowest BCUT2D eigenvalue weighted by molar-refractivity contribution is 0.0858. The Balaban J connectivity index is 2.10. The van der Waals surface area contributed by atoms with E-state index in [4.69, 9.17) is 0 Å². The minimum absolute atomic E-state index is 0.0243. The summed E-state index contributed by atoms with van der Waals surface area (Å²) in [4.78, 5) is 12.2. The second-order valence-electron chi connectivity index (χ2n) is 6.50. The van der Waals surface area contributed by atoms with Crippen LogP contribution in [-0.2, 0) is 15.8 Å². The molecule has 0 saturated carbocycles. The van der Waals surface area contributed by atoms with Gasteiger partial charge in [-0.1, -0.05) is 51.1 Å². The molecule has 23 heavy (non-hydrogen) atoms. The van der Waals surface area contributed by atoms with Crippen LogP contribution in [0.2, 0.25) is 0 Å². The summed E-state index contributed by atoms with van der Waals surface area (Å²) in [5.41, 5.74) is 1.28. The van der Waals surface area contributed by atoms with Crippen LogP contribution in [0.4, 0.5) is 5.69 Å². The van der Waals surface area contributed by atoms with Crippen molar-refractivity contribution in [3.8, 4) is 0 Å². The Morgan fingerprint density at radius 2 is 1.52 bits per heavy atom. The highest BCUT2D eigenvalue weighted by Gasteiger charge is 2.22. The molecule has 0 atom stereocenters. The smallest absolute Gasteiger partial charge is 0.236 e. The molecule has 0 aliphatic carbocycles. The molecule has 0 heterocycles. The van der Waals surface area contributed by atoms with Gasteiger partial charge in [0, 0.05) is 16.7 Å². The topological polar surface area (TPSA) is 63.2 Å². The second kappa shape index (κ2) is 6.54. The molecule has 2 rings (SSSR count). The minimum Gasteiger partial charge on any atom is -0.294 e. The van der Waals surface area contributed by atoms with E-state index in [-0.39, 0.29) is 11.5 Å². The van der Waals surface area contributed by atoms with Crippen molar-refractivity contribution in [2.24, 2.45) is 5.41 Å². The average Bonchev–Trinajstić information content (AvgIpc) is 2.46. The van der Waals surface area contributed by atoms with Crippen LogP contribution in [0.15, 0.2) is 54.6 Å². The largest absolute Gasteiger partial charge is 0.294 e. The van der Waals surface area contributed by atoms with Crippen LogP contribution in [-0.4, -0.2) is 14.2 Å². The summed E-state index contributed by atoms with van der Waals surface area (Å²) < 4.78 is 26.9. The van der Waals surface area contributed by atoms with Crippen LogP contribution in [0.25, 0.3) is 0 Å². The Morgan fingerprint density at radius 1 is 0.957 bits per heavy atom. The van der Waals surface area contributed by atoms with E-state index in [1.165, 1.54) is 0 Å². The molecule has 0 spiro atoms. The van der Waals surface area contributed by atoms with E-state index in [2.05, 4.69) is 4.72 Å². The Hall–Kier alpha value is -2.14. The first kappa shape index (κ1) is 17.2. The number of nitrogens with one attached hydrogen (secondary N) is 1. The summed E-state index contributed by atoms with van der Waals surface area (Å²) in [5, 5.41) is 0. The number of carbonyl (C=O) groups is 1. The lowest BCUT2D eigenvalue weighted by atomic mass is 9.86. The van der Waals surface area contributed by atoms with E-state index in [9.17, 15) is 13.2 Å². The number of Topliss-reactive ketones (excluding diaryl/α,β-unsaturated/α-hetero) is 1. The normalized spacial score (nSPS) is 12.0. The third kappa shape index (κ3) is 4.93. The summed E-state index contributed by atoms with van der Waals surface area (Å²) in [6.45, 7) is 5.56. The highest BCUT2D eigenvalue weighted by molar-refractivity contribution is 7.91. The predicted molar refractivity (Wildman–Crippen MR) is 92.9 cm³/mol. The highest BCUT2D eigenvalue weighted by Crippen LogP contribution is 2.22. The van der Waals surface area contributed by atoms with Crippen molar-refractivity contribution in [2.45, 2.75) is 26.5 Å². The molecule has 2 aromatic carbocycles. The van der Waals surface area contributed by atoms with E-state index in [0.29, 0.717) is 11.3 Å². The molecule has 0 amide bonds. The summed E-state index contributed by atoms with van der Waals surface area (Å²) in [6.07, 6.45) is 0. The van der Waals surface area contributed by atoms with Gasteiger partial charge in [0.15, 0.2) is 5.78 Å². The van der Waals surface area contributed by atoms with Crippen LogP contribution in [0.1, 0.15) is 36.7 Å². The number of hydrogen-bond donors (Lipinski definition) is 1. The maximum Gasteiger partial charge on any atom is 0.236 e. The van der Waals surface area contributed by atoms with Crippen LogP contribution in [0, 0.1) is 5.41 Å². The third-order valence-electron chi connectivity index (χ3n) is 3.30. The van der Waals surface area contributed by atoms with Gasteiger partial charge in [0.25, 0.3) is 0 Å². The lowest BCUT2D eigenvalue weighted by Gasteiger charge is -2.16. The Labute approximate surface area is 137 Å². The number of anilines is 1. The standard InChI is InChI=1S/C18H21NO3S/c1-18(2,3)17(20)15-9-11-16(12-10-15)19-23(21,22)13-14-7-5-4-6-8-14/h4-12,19H,13H2,1-3H3. The van der Waals surface area contributed by atoms with Gasteiger partial charge >= 0.3 is 0 Å². The van der Waals surface area contributed by atoms with Crippen molar-refractivity contribution in [1.82, 2.24) is 0 Å². The molecule has 0 aromatic heterocycles. The van der Waals surface area contributed by atoms with E-state index in [0.717, 1.165) is 5.56 Å². The third-order valence-corrected chi connectivity index (χ3v) is 4.56. The van der Waals surface area contributed by atoms with Crippen LogP contribution >= 0.6 is 0 Å². The molecular formula is C18H21NO3S. The Morgan fingerprint density at radius 3 is 2.04 bits per heavy atom. The Bertz CT molecular complexity index is 773. The first-order valence-corrected chi connectivity index (χ1v) is 9.02. The number of benzene rings is 2. The fourth-order valence-corrected chi connectivity index (χ4v) is 3.33. The molecule has 0 aliphatic heterocycles. The summed E-state index contributed by atoms with van der Waals surface area (Å²) in [6, 6.07) is 15.5. The summed E-state index contributed by atoms with van der Waals surface area (Å²) in [7, 11) is -3.48. The first-order valence-electron chi connectivity index (χ1n) is 7.37. The fraction of sp³-hybridized carbons (Fsp3) is 0.278. The van der Waals surface area contributed by atoms with Crippen molar-refractivity contribution >= 4 is 21.5 Å². The second-order valence-corrected chi connectivity index (χ2v) is 8.23. The molecule has 122 valence electrons. The van der Waals surface area contributed by atoms with Crippen molar-refractivity contribution in [3.05, 3.63) is 65.7 Å². The summed E-state index contributed by atoms with van der Waals surface area (Å²) in [5.74, 6) is -0.0625. The Kier molecular flexibility index (Phi) is 4.90. The van der Waals surface area contributed by atoms with E-state index >= 15 is 0 Å². The van der Waals surface area contributed by atoms with Crippen molar-refractivity contribution < 1.29 is 13.2 Å². The molecule has 0 saturated heterocycles. The van der Waals surface area contributed by atoms with Crippen molar-refractivity contribution in [2.75, 3.05) is 4.72 Å². The molecule has 4 nitrogen and oxygen atoms in total. The van der Waals surface area contributed by atoms with Gasteiger partial charge < -0.3 is 0 Å². The number of hydrogen-bond acceptors (Lipinski definition) is 3. The molecular weight excluding hydrogens is 310 g/mol. The van der Waals surface area contributed by atoms with Crippen molar-refractivity contribution in [1.29, 1.82) is 0 Å². The molecule has 0 aliphatic rings. The van der Waals surface area contributed by atoms with Crippen molar-refractivity contribution in [3.63, 3.8) is 0 Å². The molecule has 0 fully saturated rings. The van der Waals surface area contributed by atoms with Crippen LogP contribution < -0.4 is 4.72 Å². The van der Waals surface area contributed by atoms with Gasteiger partial charge in [-0.3, -0.25) is 9.52 Å². The molecule has 0 unspecified atom stereocenters. The predicted octanol–water partition coefficient (Wildman–Crippen LogP) is 3.86. The van der Waals surface area contributed by atoms with Gasteiger partial charge in [0.1, 0.15) is 0 Å². The van der Waals surface area contributed by atoms with Gasteiger partial charge in [-0.2, -0.15) is 0 Å². The zero-order valence-corrected chi connectivity index (χ0v) is 14.4. The number of rotatable bonds is 5. The minimum atomic E-state index is -3.48. The number of carbonyl (C=O) groups excluding carboxylic acids is 1. The SMILES string of the molecule is CC(C)(C)C(=O)c1ccc(NS(=O)(=O)Cc2ccccc2)cc1. The zero-order valence-electron chi connectivity index (χ0n) is 13.5. The maximum atomic E-state index is 12.2. The molecule has 0 bridgehead atoms. The average molecular weight is 331 g/mol. The van der Waals surface area contributed by atoms with Crippen LogP contribution in [0.3, 0.4) is 0 Å². The lowest BCUT2D eigenvalue weighted by Crippen LogP contribution is -2.20. The van der Waals surface area contributed by atoms with Crippen LogP contribution in [0.5, 0.6) is 0 Å². The molecule has 5 heteroatoms. The number of ketones is 1. The zero-order chi connectivity index (χ0) is 17.1. The molecule has 2 aromatic rings. The molecule has 1 N–H and O–H groups in total. The summed E-state index contributed by atoms with van der Waals surface area (Å²) >= 11 is 0. The van der Waals surface area contributed by atoms with Gasteiger partial charge in [-0.15, -0.1) is 0 Å². The molecule has 0 radical (unpaired) electrons. The van der Waals surface area contributed by atoms with E-state index < -0.39 is 15.4 Å². The van der Waals surface area contributed by atoms with Gasteiger partial charge in [-0.05, 0) is 29.8 Å². The van der Waals surface area contributed by atoms with Gasteiger partial charge in [-0.25, -0.2) is 8.42 Å². The quantitative estimate of drug-likeness (QED) is 0.846. The van der Waals surface area contributed by atoms with E-state index in [1.54, 1.807) is 48.5 Å². The van der Waals surface area contributed by atoms with E-state index in [1.807, 2.05) is 26.8 Å². The highest BCUT2D eigenvalue weighted by atomic mass is 32.2.